The zero-order valence-corrected chi connectivity index (χ0v) is 17.6. The molecule has 4 aromatic rings. The summed E-state index contributed by atoms with van der Waals surface area (Å²) in [5.41, 5.74) is 4.16. The third-order valence-electron chi connectivity index (χ3n) is 5.67. The highest BCUT2D eigenvalue weighted by molar-refractivity contribution is 5.87. The largest absolute Gasteiger partial charge is 0.417 e. The van der Waals surface area contributed by atoms with Gasteiger partial charge in [0, 0.05) is 59.3 Å². The van der Waals surface area contributed by atoms with E-state index in [1.165, 1.54) is 12.1 Å². The molecule has 0 bridgehead atoms. The summed E-state index contributed by atoms with van der Waals surface area (Å²) in [6.45, 7) is 2.79. The van der Waals surface area contributed by atoms with Crippen LogP contribution < -0.4 is 5.32 Å². The van der Waals surface area contributed by atoms with E-state index in [0.29, 0.717) is 35.2 Å². The van der Waals surface area contributed by atoms with Gasteiger partial charge in [0.25, 0.3) is 0 Å². The molecular formula is C25H19F3N4O. The molecule has 1 aromatic carbocycles. The van der Waals surface area contributed by atoms with Gasteiger partial charge in [-0.1, -0.05) is 17.9 Å². The van der Waals surface area contributed by atoms with Gasteiger partial charge in [-0.15, -0.1) is 0 Å². The van der Waals surface area contributed by atoms with Crippen molar-refractivity contribution in [3.63, 3.8) is 0 Å². The number of halogens is 3. The molecule has 8 heteroatoms. The van der Waals surface area contributed by atoms with Crippen LogP contribution in [0.15, 0.2) is 48.9 Å². The molecule has 0 spiro atoms. The summed E-state index contributed by atoms with van der Waals surface area (Å²) < 4.78 is 40.1. The molecular weight excluding hydrogens is 429 g/mol. The Hall–Kier alpha value is -3.67. The maximum atomic E-state index is 13.4. The van der Waals surface area contributed by atoms with E-state index in [2.05, 4.69) is 32.1 Å². The van der Waals surface area contributed by atoms with E-state index in [0.717, 1.165) is 28.5 Å². The lowest BCUT2D eigenvalue weighted by Crippen LogP contribution is -2.28. The lowest BCUT2D eigenvalue weighted by Gasteiger charge is -2.22. The highest BCUT2D eigenvalue weighted by Crippen LogP contribution is 2.32. The van der Waals surface area contributed by atoms with Gasteiger partial charge < -0.3 is 15.4 Å². The Morgan fingerprint density at radius 3 is 2.61 bits per heavy atom. The van der Waals surface area contributed by atoms with Gasteiger partial charge in [0.1, 0.15) is 5.65 Å². The summed E-state index contributed by atoms with van der Waals surface area (Å²) in [7, 11) is 0. The Kier molecular flexibility index (Phi) is 5.16. The number of aliphatic hydroxyl groups excluding tert-OH is 1. The van der Waals surface area contributed by atoms with Gasteiger partial charge in [0.05, 0.1) is 22.9 Å². The number of aryl methyl sites for hydroxylation is 1. The van der Waals surface area contributed by atoms with Crippen molar-refractivity contribution in [1.29, 1.82) is 0 Å². The maximum absolute atomic E-state index is 13.4. The standard InChI is InChI=1S/C25H19F3N4O/c1-14-2-5-21(25(26,27)28)15(6-14)3-4-16-9-31-24-19(16)7-17(11-32-24)18-8-20-22(30-10-18)12-29-13-23(20)33/h2,5-11,23,29,33H,12-13H2,1H3,(H,31,32). The summed E-state index contributed by atoms with van der Waals surface area (Å²) in [6, 6.07) is 7.70. The lowest BCUT2D eigenvalue weighted by molar-refractivity contribution is -0.137. The fourth-order valence-corrected chi connectivity index (χ4v) is 3.95. The fourth-order valence-electron chi connectivity index (χ4n) is 3.95. The molecule has 4 heterocycles. The summed E-state index contributed by atoms with van der Waals surface area (Å²) >= 11 is 0. The first-order valence-electron chi connectivity index (χ1n) is 10.3. The number of hydrogen-bond acceptors (Lipinski definition) is 4. The number of H-pyrrole nitrogens is 1. The fraction of sp³-hybridized carbons (Fsp3) is 0.200. The van der Waals surface area contributed by atoms with Crippen LogP contribution in [0.5, 0.6) is 0 Å². The first kappa shape index (κ1) is 21.2. The van der Waals surface area contributed by atoms with Crippen LogP contribution in [0.4, 0.5) is 13.2 Å². The molecule has 0 saturated carbocycles. The van der Waals surface area contributed by atoms with Gasteiger partial charge in [-0.05, 0) is 36.8 Å². The first-order valence-corrected chi connectivity index (χ1v) is 10.3. The summed E-state index contributed by atoms with van der Waals surface area (Å²) in [5, 5.41) is 14.1. The quantitative estimate of drug-likeness (QED) is 0.375. The highest BCUT2D eigenvalue weighted by Gasteiger charge is 2.32. The monoisotopic (exact) mass is 448 g/mol. The second kappa shape index (κ2) is 8.03. The van der Waals surface area contributed by atoms with Crippen LogP contribution in [0.25, 0.3) is 22.2 Å². The third-order valence-corrected chi connectivity index (χ3v) is 5.67. The lowest BCUT2D eigenvalue weighted by atomic mass is 9.99. The molecule has 0 aliphatic carbocycles. The number of aromatic amines is 1. The van der Waals surface area contributed by atoms with Crippen LogP contribution in [-0.2, 0) is 12.7 Å². The molecule has 0 radical (unpaired) electrons. The molecule has 1 unspecified atom stereocenters. The van der Waals surface area contributed by atoms with Crippen LogP contribution >= 0.6 is 0 Å². The molecule has 5 rings (SSSR count). The number of alkyl halides is 3. The Morgan fingerprint density at radius 2 is 1.79 bits per heavy atom. The minimum absolute atomic E-state index is 0.0672. The van der Waals surface area contributed by atoms with Crippen LogP contribution in [0.1, 0.15) is 39.6 Å². The predicted molar refractivity (Wildman–Crippen MR) is 118 cm³/mol. The molecule has 5 nitrogen and oxygen atoms in total. The van der Waals surface area contributed by atoms with Crippen molar-refractivity contribution in [2.45, 2.75) is 25.7 Å². The topological polar surface area (TPSA) is 73.8 Å². The van der Waals surface area contributed by atoms with E-state index in [9.17, 15) is 18.3 Å². The van der Waals surface area contributed by atoms with E-state index >= 15 is 0 Å². The second-order valence-electron chi connectivity index (χ2n) is 8.03. The Morgan fingerprint density at radius 1 is 1.03 bits per heavy atom. The van der Waals surface area contributed by atoms with Crippen molar-refractivity contribution in [3.05, 3.63) is 82.4 Å². The van der Waals surface area contributed by atoms with E-state index in [-0.39, 0.29) is 5.56 Å². The summed E-state index contributed by atoms with van der Waals surface area (Å²) in [5.74, 6) is 5.57. The number of hydrogen-bond donors (Lipinski definition) is 3. The number of nitrogens with one attached hydrogen (secondary N) is 2. The SMILES string of the molecule is Cc1ccc(C(F)(F)F)c(C#Cc2c[nH]c3ncc(-c4cnc5c(c4)C(O)CNC5)cc23)c1. The number of nitrogens with zero attached hydrogens (tertiary/aromatic N) is 2. The Balaban J connectivity index is 1.56. The van der Waals surface area contributed by atoms with E-state index < -0.39 is 17.8 Å². The number of benzene rings is 1. The molecule has 166 valence electrons. The average molecular weight is 448 g/mol. The molecule has 0 amide bonds. The van der Waals surface area contributed by atoms with Gasteiger partial charge in [-0.2, -0.15) is 13.2 Å². The minimum atomic E-state index is -4.48. The van der Waals surface area contributed by atoms with Crippen LogP contribution in [0.3, 0.4) is 0 Å². The van der Waals surface area contributed by atoms with E-state index in [4.69, 9.17) is 0 Å². The molecule has 0 saturated heterocycles. The van der Waals surface area contributed by atoms with Crippen molar-refractivity contribution < 1.29 is 18.3 Å². The number of aliphatic hydroxyl groups is 1. The molecule has 0 fully saturated rings. The Bertz CT molecular complexity index is 1430. The number of fused-ring (bicyclic) bond motifs is 2. The molecule has 33 heavy (non-hydrogen) atoms. The predicted octanol–water partition coefficient (Wildman–Crippen LogP) is 4.49. The van der Waals surface area contributed by atoms with Crippen molar-refractivity contribution in [2.24, 2.45) is 0 Å². The van der Waals surface area contributed by atoms with Gasteiger partial charge in [0.2, 0.25) is 0 Å². The van der Waals surface area contributed by atoms with Crippen molar-refractivity contribution >= 4 is 11.0 Å². The summed E-state index contributed by atoms with van der Waals surface area (Å²) in [4.78, 5) is 11.9. The minimum Gasteiger partial charge on any atom is -0.387 e. The number of β-amino-alcohol motifs (C(OH)–C–C–N with tert-alkyl or cyclic N) is 1. The zero-order valence-electron chi connectivity index (χ0n) is 17.6. The van der Waals surface area contributed by atoms with Crippen molar-refractivity contribution in [3.8, 4) is 23.0 Å². The van der Waals surface area contributed by atoms with Crippen molar-refractivity contribution in [1.82, 2.24) is 20.3 Å². The van der Waals surface area contributed by atoms with Crippen molar-refractivity contribution in [2.75, 3.05) is 6.54 Å². The molecule has 1 atom stereocenters. The second-order valence-corrected chi connectivity index (χ2v) is 8.03. The van der Waals surface area contributed by atoms with Gasteiger partial charge in [-0.25, -0.2) is 4.98 Å². The van der Waals surface area contributed by atoms with Crippen LogP contribution in [0, 0.1) is 18.8 Å². The maximum Gasteiger partial charge on any atom is 0.417 e. The Labute approximate surface area is 187 Å². The van der Waals surface area contributed by atoms with Crippen LogP contribution in [0.2, 0.25) is 0 Å². The summed E-state index contributed by atoms with van der Waals surface area (Å²) in [6.07, 6.45) is -0.0648. The number of rotatable bonds is 1. The van der Waals surface area contributed by atoms with Crippen LogP contribution in [-0.4, -0.2) is 26.6 Å². The highest BCUT2D eigenvalue weighted by atomic mass is 19.4. The van der Waals surface area contributed by atoms with E-state index in [1.807, 2.05) is 12.1 Å². The average Bonchev–Trinajstić information content (AvgIpc) is 3.19. The zero-order chi connectivity index (χ0) is 23.2. The van der Waals surface area contributed by atoms with E-state index in [1.54, 1.807) is 25.5 Å². The molecule has 1 aliphatic rings. The smallest absolute Gasteiger partial charge is 0.387 e. The number of pyridine rings is 2. The van der Waals surface area contributed by atoms with Gasteiger partial charge in [-0.3, -0.25) is 4.98 Å². The normalized spacial score (nSPS) is 15.7. The first-order chi connectivity index (χ1) is 15.8. The van der Waals surface area contributed by atoms with Gasteiger partial charge >= 0.3 is 6.18 Å². The van der Waals surface area contributed by atoms with Gasteiger partial charge in [0.15, 0.2) is 0 Å². The molecule has 1 aliphatic heterocycles. The molecule has 3 aromatic heterocycles. The molecule has 3 N–H and O–H groups in total. The third kappa shape index (κ3) is 4.09. The number of aromatic nitrogens is 3.